The highest BCUT2D eigenvalue weighted by molar-refractivity contribution is 9.10. The van der Waals surface area contributed by atoms with Crippen LogP contribution >= 0.6 is 15.9 Å². The lowest BCUT2D eigenvalue weighted by Gasteiger charge is -2.18. The molecule has 0 unspecified atom stereocenters. The molecule has 0 spiro atoms. The van der Waals surface area contributed by atoms with Crippen molar-refractivity contribution in [2.75, 3.05) is 14.1 Å². The Morgan fingerprint density at radius 2 is 1.75 bits per heavy atom. The average Bonchev–Trinajstić information content (AvgIpc) is 2.42. The van der Waals surface area contributed by atoms with Gasteiger partial charge in [-0.1, -0.05) is 58.4 Å². The number of benzene rings is 2. The minimum Gasteiger partial charge on any atom is -0.316 e. The lowest BCUT2D eigenvalue weighted by molar-refractivity contribution is 0.318. The van der Waals surface area contributed by atoms with E-state index in [1.54, 1.807) is 0 Å². The molecule has 0 atom stereocenters. The summed E-state index contributed by atoms with van der Waals surface area (Å²) in [6, 6.07) is 17.1. The maximum atomic E-state index is 3.61. The molecule has 0 bridgehead atoms. The Labute approximate surface area is 129 Å². The molecule has 0 radical (unpaired) electrons. The molecule has 0 saturated carbocycles. The quantitative estimate of drug-likeness (QED) is 0.865. The van der Waals surface area contributed by atoms with Crippen molar-refractivity contribution in [3.63, 3.8) is 0 Å². The molecule has 0 aliphatic rings. The van der Waals surface area contributed by atoms with Gasteiger partial charge in [0.2, 0.25) is 0 Å². The van der Waals surface area contributed by atoms with Crippen LogP contribution in [0.25, 0.3) is 0 Å². The van der Waals surface area contributed by atoms with Gasteiger partial charge in [0, 0.05) is 24.1 Å². The van der Waals surface area contributed by atoms with Crippen molar-refractivity contribution in [1.82, 2.24) is 10.2 Å². The summed E-state index contributed by atoms with van der Waals surface area (Å²) in [5.74, 6) is 0. The minimum atomic E-state index is 0.918. The van der Waals surface area contributed by atoms with E-state index in [1.165, 1.54) is 21.2 Å². The third-order valence-corrected chi connectivity index (χ3v) is 4.00. The van der Waals surface area contributed by atoms with Crippen LogP contribution in [0.3, 0.4) is 0 Å². The van der Waals surface area contributed by atoms with E-state index in [1.807, 2.05) is 7.05 Å². The molecule has 1 N–H and O–H groups in total. The van der Waals surface area contributed by atoms with Gasteiger partial charge in [0.15, 0.2) is 0 Å². The number of hydrogen-bond donors (Lipinski definition) is 1. The molecule has 2 aromatic rings. The zero-order chi connectivity index (χ0) is 14.4. The second-order valence-electron chi connectivity index (χ2n) is 5.11. The fourth-order valence-corrected chi connectivity index (χ4v) is 2.74. The summed E-state index contributed by atoms with van der Waals surface area (Å²) in [5, 5.41) is 3.19. The fraction of sp³-hybridized carbons (Fsp3) is 0.294. The minimum absolute atomic E-state index is 0.918. The van der Waals surface area contributed by atoms with Gasteiger partial charge in [-0.3, -0.25) is 4.90 Å². The van der Waals surface area contributed by atoms with E-state index in [0.717, 1.165) is 19.6 Å². The maximum Gasteiger partial charge on any atom is 0.0245 e. The molecular formula is C17H21BrN2. The van der Waals surface area contributed by atoms with E-state index >= 15 is 0 Å². The maximum absolute atomic E-state index is 3.61. The monoisotopic (exact) mass is 332 g/mol. The van der Waals surface area contributed by atoms with Crippen molar-refractivity contribution in [1.29, 1.82) is 0 Å². The molecule has 0 heterocycles. The molecule has 0 aliphatic heterocycles. The van der Waals surface area contributed by atoms with E-state index < -0.39 is 0 Å². The van der Waals surface area contributed by atoms with Crippen LogP contribution in [-0.4, -0.2) is 19.0 Å². The number of rotatable bonds is 6. The molecule has 0 aliphatic carbocycles. The lowest BCUT2D eigenvalue weighted by atomic mass is 10.1. The molecule has 3 heteroatoms. The Morgan fingerprint density at radius 3 is 2.50 bits per heavy atom. The summed E-state index contributed by atoms with van der Waals surface area (Å²) in [6.07, 6.45) is 0. The predicted molar refractivity (Wildman–Crippen MR) is 88.5 cm³/mol. The van der Waals surface area contributed by atoms with Gasteiger partial charge in [0.25, 0.3) is 0 Å². The van der Waals surface area contributed by atoms with Crippen LogP contribution in [0.2, 0.25) is 0 Å². The summed E-state index contributed by atoms with van der Waals surface area (Å²) < 4.78 is 1.18. The van der Waals surface area contributed by atoms with Gasteiger partial charge in [-0.05, 0) is 36.9 Å². The van der Waals surface area contributed by atoms with Crippen molar-refractivity contribution in [2.45, 2.75) is 19.6 Å². The third kappa shape index (κ3) is 4.44. The molecule has 0 fully saturated rings. The summed E-state index contributed by atoms with van der Waals surface area (Å²) in [7, 11) is 4.13. The van der Waals surface area contributed by atoms with E-state index in [9.17, 15) is 0 Å². The average molecular weight is 333 g/mol. The van der Waals surface area contributed by atoms with E-state index in [-0.39, 0.29) is 0 Å². The van der Waals surface area contributed by atoms with Gasteiger partial charge in [0.1, 0.15) is 0 Å². The largest absolute Gasteiger partial charge is 0.316 e. The van der Waals surface area contributed by atoms with Gasteiger partial charge in [-0.25, -0.2) is 0 Å². The summed E-state index contributed by atoms with van der Waals surface area (Å²) >= 11 is 3.61. The summed E-state index contributed by atoms with van der Waals surface area (Å²) in [6.45, 7) is 2.82. The van der Waals surface area contributed by atoms with Crippen LogP contribution in [0, 0.1) is 0 Å². The Hall–Kier alpha value is -1.16. The van der Waals surface area contributed by atoms with Crippen LogP contribution in [0.5, 0.6) is 0 Å². The zero-order valence-electron chi connectivity index (χ0n) is 12.1. The first-order valence-electron chi connectivity index (χ1n) is 6.83. The standard InChI is InChI=1S/C17H21BrN2/c1-19-11-14-6-5-7-15(10-14)12-20(2)13-16-8-3-4-9-17(16)18/h3-10,19H,11-13H2,1-2H3. The molecular weight excluding hydrogens is 312 g/mol. The Morgan fingerprint density at radius 1 is 1.00 bits per heavy atom. The molecule has 20 heavy (non-hydrogen) atoms. The van der Waals surface area contributed by atoms with Crippen LogP contribution in [-0.2, 0) is 19.6 Å². The molecule has 0 amide bonds. The second-order valence-corrected chi connectivity index (χ2v) is 5.97. The Kier molecular flexibility index (Phi) is 5.77. The number of halogens is 1. The number of nitrogens with one attached hydrogen (secondary N) is 1. The smallest absolute Gasteiger partial charge is 0.0245 e. The van der Waals surface area contributed by atoms with Crippen molar-refractivity contribution in [3.8, 4) is 0 Å². The topological polar surface area (TPSA) is 15.3 Å². The van der Waals surface area contributed by atoms with Crippen LogP contribution in [0.4, 0.5) is 0 Å². The molecule has 0 aromatic heterocycles. The van der Waals surface area contributed by atoms with E-state index in [2.05, 4.69) is 81.7 Å². The fourth-order valence-electron chi connectivity index (χ4n) is 2.33. The molecule has 0 saturated heterocycles. The first kappa shape index (κ1) is 15.2. The van der Waals surface area contributed by atoms with E-state index in [0.29, 0.717) is 0 Å². The van der Waals surface area contributed by atoms with Gasteiger partial charge in [-0.15, -0.1) is 0 Å². The van der Waals surface area contributed by atoms with Gasteiger partial charge < -0.3 is 5.32 Å². The van der Waals surface area contributed by atoms with Crippen molar-refractivity contribution in [3.05, 3.63) is 69.7 Å². The lowest BCUT2D eigenvalue weighted by Crippen LogP contribution is -2.17. The van der Waals surface area contributed by atoms with Crippen LogP contribution in [0.15, 0.2) is 53.0 Å². The zero-order valence-corrected chi connectivity index (χ0v) is 13.7. The predicted octanol–water partition coefficient (Wildman–Crippen LogP) is 3.80. The normalized spacial score (nSPS) is 11.0. The van der Waals surface area contributed by atoms with Crippen molar-refractivity contribution >= 4 is 15.9 Å². The molecule has 2 aromatic carbocycles. The second kappa shape index (κ2) is 7.58. The molecule has 2 rings (SSSR count). The highest BCUT2D eigenvalue weighted by Crippen LogP contribution is 2.18. The first-order valence-corrected chi connectivity index (χ1v) is 7.62. The van der Waals surface area contributed by atoms with Crippen molar-refractivity contribution in [2.24, 2.45) is 0 Å². The highest BCUT2D eigenvalue weighted by Gasteiger charge is 2.05. The summed E-state index contributed by atoms with van der Waals surface area (Å²) in [4.78, 5) is 2.33. The van der Waals surface area contributed by atoms with Crippen LogP contribution in [0.1, 0.15) is 16.7 Å². The Balaban J connectivity index is 1.99. The van der Waals surface area contributed by atoms with Crippen molar-refractivity contribution < 1.29 is 0 Å². The first-order chi connectivity index (χ1) is 9.69. The SMILES string of the molecule is CNCc1cccc(CN(C)Cc2ccccc2Br)c1. The molecule has 106 valence electrons. The van der Waals surface area contributed by atoms with Gasteiger partial charge in [0.05, 0.1) is 0 Å². The highest BCUT2D eigenvalue weighted by atomic mass is 79.9. The van der Waals surface area contributed by atoms with Gasteiger partial charge >= 0.3 is 0 Å². The number of nitrogens with zero attached hydrogens (tertiary/aromatic N) is 1. The summed E-state index contributed by atoms with van der Waals surface area (Å²) in [5.41, 5.74) is 4.01. The third-order valence-electron chi connectivity index (χ3n) is 3.22. The number of hydrogen-bond acceptors (Lipinski definition) is 2. The van der Waals surface area contributed by atoms with E-state index in [4.69, 9.17) is 0 Å². The van der Waals surface area contributed by atoms with Crippen LogP contribution < -0.4 is 5.32 Å². The molecule has 2 nitrogen and oxygen atoms in total. The Bertz CT molecular complexity index is 554. The van der Waals surface area contributed by atoms with Gasteiger partial charge in [-0.2, -0.15) is 0 Å².